The summed E-state index contributed by atoms with van der Waals surface area (Å²) >= 11 is 0. The van der Waals surface area contributed by atoms with Gasteiger partial charge in [0.05, 0.1) is 0 Å². The Labute approximate surface area is 81.5 Å². The van der Waals surface area contributed by atoms with E-state index < -0.39 is 5.78 Å². The number of ketones is 1. The van der Waals surface area contributed by atoms with Gasteiger partial charge in [0.15, 0.2) is 5.76 Å². The predicted molar refractivity (Wildman–Crippen MR) is 54.1 cm³/mol. The highest BCUT2D eigenvalue weighted by Gasteiger charge is 2.14. The monoisotopic (exact) mass is 184 g/mol. The average Bonchev–Trinajstić information content (AvgIpc) is 2.56. The van der Waals surface area contributed by atoms with Crippen LogP contribution in [-0.4, -0.2) is 5.78 Å². The molecule has 0 aliphatic heterocycles. The number of para-hydroxylation sites is 1. The molecule has 1 aromatic carbocycles. The summed E-state index contributed by atoms with van der Waals surface area (Å²) in [7, 11) is 0. The summed E-state index contributed by atoms with van der Waals surface area (Å²) < 4.78 is 5.36. The molecule has 0 saturated carbocycles. The van der Waals surface area contributed by atoms with Gasteiger partial charge in [-0.2, -0.15) is 0 Å². The second kappa shape index (κ2) is 3.04. The molecular formula is C12H8O2. The number of rotatable bonds is 1. The van der Waals surface area contributed by atoms with E-state index in [1.54, 1.807) is 0 Å². The summed E-state index contributed by atoms with van der Waals surface area (Å²) in [5.74, 6) is 1.92. The van der Waals surface area contributed by atoms with Gasteiger partial charge in [0.25, 0.3) is 5.78 Å². The Kier molecular flexibility index (Phi) is 1.86. The van der Waals surface area contributed by atoms with Gasteiger partial charge in [-0.3, -0.25) is 4.79 Å². The van der Waals surface area contributed by atoms with Crippen molar-refractivity contribution in [3.8, 4) is 12.3 Å². The van der Waals surface area contributed by atoms with Crippen molar-refractivity contribution in [1.82, 2.24) is 0 Å². The van der Waals surface area contributed by atoms with Crippen LogP contribution in [0.1, 0.15) is 16.1 Å². The van der Waals surface area contributed by atoms with Gasteiger partial charge in [-0.25, -0.2) is 0 Å². The van der Waals surface area contributed by atoms with Crippen molar-refractivity contribution in [3.05, 3.63) is 35.6 Å². The zero-order valence-electron chi connectivity index (χ0n) is 7.70. The summed E-state index contributed by atoms with van der Waals surface area (Å²) in [5.41, 5.74) is 1.51. The minimum atomic E-state index is -0.404. The molecule has 0 fully saturated rings. The van der Waals surface area contributed by atoms with Crippen molar-refractivity contribution < 1.29 is 9.21 Å². The van der Waals surface area contributed by atoms with Crippen LogP contribution in [0.5, 0.6) is 0 Å². The van der Waals surface area contributed by atoms with Crippen molar-refractivity contribution >= 4 is 16.8 Å². The number of hydrogen-bond donors (Lipinski definition) is 0. The van der Waals surface area contributed by atoms with E-state index in [0.29, 0.717) is 5.58 Å². The maximum atomic E-state index is 11.3. The van der Waals surface area contributed by atoms with Gasteiger partial charge in [0.2, 0.25) is 0 Å². The lowest BCUT2D eigenvalue weighted by molar-refractivity contribution is 0.103. The molecule has 14 heavy (non-hydrogen) atoms. The quantitative estimate of drug-likeness (QED) is 0.387. The summed E-state index contributed by atoms with van der Waals surface area (Å²) in [6.07, 6.45) is 5.04. The van der Waals surface area contributed by atoms with Crippen molar-refractivity contribution in [2.75, 3.05) is 0 Å². The van der Waals surface area contributed by atoms with E-state index in [0.717, 1.165) is 10.9 Å². The minimum Gasteiger partial charge on any atom is -0.452 e. The molecule has 1 heterocycles. The number of Topliss-reactive ketones (excluding diaryl/α,β-unsaturated/α-hetero) is 1. The summed E-state index contributed by atoms with van der Waals surface area (Å²) in [4.78, 5) is 11.3. The Morgan fingerprint density at radius 1 is 1.43 bits per heavy atom. The Balaban J connectivity index is 2.76. The standard InChI is InChI=1S/C12H8O2/c1-3-10(13)12-8(2)9-6-4-5-7-11(9)14-12/h1,4-7H,2H3. The van der Waals surface area contributed by atoms with E-state index in [2.05, 4.69) is 5.92 Å². The molecule has 0 aliphatic carbocycles. The fourth-order valence-electron chi connectivity index (χ4n) is 1.46. The van der Waals surface area contributed by atoms with Gasteiger partial charge < -0.3 is 4.42 Å². The number of terminal acetylenes is 1. The topological polar surface area (TPSA) is 30.2 Å². The van der Waals surface area contributed by atoms with Crippen LogP contribution in [0.4, 0.5) is 0 Å². The molecule has 0 amide bonds. The Bertz CT molecular complexity index is 541. The molecule has 68 valence electrons. The normalized spacial score (nSPS) is 10.0. The number of furan rings is 1. The smallest absolute Gasteiger partial charge is 0.271 e. The number of hydrogen-bond acceptors (Lipinski definition) is 2. The molecule has 2 heteroatoms. The first-order valence-electron chi connectivity index (χ1n) is 4.23. The fraction of sp³-hybridized carbons (Fsp3) is 0.0833. The minimum absolute atomic E-state index is 0.272. The highest BCUT2D eigenvalue weighted by Crippen LogP contribution is 2.24. The van der Waals surface area contributed by atoms with Gasteiger partial charge in [0, 0.05) is 10.9 Å². The summed E-state index contributed by atoms with van der Waals surface area (Å²) in [6.45, 7) is 1.83. The van der Waals surface area contributed by atoms with Gasteiger partial charge in [0.1, 0.15) is 5.58 Å². The van der Waals surface area contributed by atoms with Crippen molar-refractivity contribution in [2.45, 2.75) is 6.92 Å². The molecule has 0 saturated heterocycles. The highest BCUT2D eigenvalue weighted by molar-refractivity contribution is 6.10. The Morgan fingerprint density at radius 3 is 2.79 bits per heavy atom. The van der Waals surface area contributed by atoms with E-state index in [-0.39, 0.29) is 5.76 Å². The number of aryl methyl sites for hydroxylation is 1. The van der Waals surface area contributed by atoms with Crippen LogP contribution < -0.4 is 0 Å². The van der Waals surface area contributed by atoms with Crippen LogP contribution in [0.25, 0.3) is 11.0 Å². The molecular weight excluding hydrogens is 176 g/mol. The van der Waals surface area contributed by atoms with Crippen LogP contribution in [0.3, 0.4) is 0 Å². The highest BCUT2D eigenvalue weighted by atomic mass is 16.3. The Morgan fingerprint density at radius 2 is 2.14 bits per heavy atom. The molecule has 1 aromatic heterocycles. The van der Waals surface area contributed by atoms with Crippen molar-refractivity contribution in [3.63, 3.8) is 0 Å². The predicted octanol–water partition coefficient (Wildman–Crippen LogP) is 2.56. The molecule has 2 aromatic rings. The largest absolute Gasteiger partial charge is 0.452 e. The summed E-state index contributed by atoms with van der Waals surface area (Å²) in [5, 5.41) is 0.936. The molecule has 0 spiro atoms. The van der Waals surface area contributed by atoms with Crippen LogP contribution in [0.15, 0.2) is 28.7 Å². The lowest BCUT2D eigenvalue weighted by atomic mass is 10.1. The number of carbonyl (C=O) groups is 1. The van der Waals surface area contributed by atoms with Crippen LogP contribution in [0, 0.1) is 19.3 Å². The molecule has 0 unspecified atom stereocenters. The second-order valence-electron chi connectivity index (χ2n) is 3.03. The fourth-order valence-corrected chi connectivity index (χ4v) is 1.46. The van der Waals surface area contributed by atoms with Gasteiger partial charge in [-0.05, 0) is 18.9 Å². The maximum Gasteiger partial charge on any atom is 0.271 e. The van der Waals surface area contributed by atoms with Crippen LogP contribution in [-0.2, 0) is 0 Å². The van der Waals surface area contributed by atoms with E-state index in [1.807, 2.05) is 31.2 Å². The zero-order valence-corrected chi connectivity index (χ0v) is 7.70. The maximum absolute atomic E-state index is 11.3. The zero-order chi connectivity index (χ0) is 10.1. The SMILES string of the molecule is C#CC(=O)c1oc2ccccc2c1C. The van der Waals surface area contributed by atoms with Gasteiger partial charge in [-0.15, -0.1) is 6.42 Å². The van der Waals surface area contributed by atoms with Gasteiger partial charge >= 0.3 is 0 Å². The van der Waals surface area contributed by atoms with E-state index >= 15 is 0 Å². The van der Waals surface area contributed by atoms with E-state index in [4.69, 9.17) is 10.8 Å². The number of fused-ring (bicyclic) bond motifs is 1. The first-order chi connectivity index (χ1) is 6.74. The average molecular weight is 184 g/mol. The van der Waals surface area contributed by atoms with Crippen LogP contribution >= 0.6 is 0 Å². The molecule has 0 radical (unpaired) electrons. The number of benzene rings is 1. The molecule has 0 N–H and O–H groups in total. The third kappa shape index (κ3) is 1.11. The molecule has 0 aliphatic rings. The lowest BCUT2D eigenvalue weighted by Crippen LogP contribution is -1.93. The van der Waals surface area contributed by atoms with Crippen LogP contribution in [0.2, 0.25) is 0 Å². The first kappa shape index (κ1) is 8.58. The van der Waals surface area contributed by atoms with Crippen molar-refractivity contribution in [1.29, 1.82) is 0 Å². The molecule has 0 bridgehead atoms. The molecule has 0 atom stereocenters. The second-order valence-corrected chi connectivity index (χ2v) is 3.03. The van der Waals surface area contributed by atoms with Crippen molar-refractivity contribution in [2.24, 2.45) is 0 Å². The molecule has 2 nitrogen and oxygen atoms in total. The summed E-state index contributed by atoms with van der Waals surface area (Å²) in [6, 6.07) is 7.47. The van der Waals surface area contributed by atoms with Gasteiger partial charge in [-0.1, -0.05) is 18.2 Å². The third-order valence-electron chi connectivity index (χ3n) is 2.18. The van der Waals surface area contributed by atoms with E-state index in [1.165, 1.54) is 0 Å². The third-order valence-corrected chi connectivity index (χ3v) is 2.18. The lowest BCUT2D eigenvalue weighted by Gasteiger charge is -1.87. The Hall–Kier alpha value is -2.01. The number of carbonyl (C=O) groups excluding carboxylic acids is 1. The first-order valence-corrected chi connectivity index (χ1v) is 4.23. The molecule has 2 rings (SSSR count). The van der Waals surface area contributed by atoms with E-state index in [9.17, 15) is 4.79 Å².